The van der Waals surface area contributed by atoms with Gasteiger partial charge in [0.25, 0.3) is 5.91 Å². The summed E-state index contributed by atoms with van der Waals surface area (Å²) in [5, 5.41) is 7.55. The number of benzene rings is 3. The first-order valence-electron chi connectivity index (χ1n) is 9.91. The number of para-hydroxylation sites is 1. The molecule has 5 nitrogen and oxygen atoms in total. The van der Waals surface area contributed by atoms with Gasteiger partial charge in [-0.3, -0.25) is 4.79 Å². The van der Waals surface area contributed by atoms with Crippen molar-refractivity contribution in [3.63, 3.8) is 0 Å². The second-order valence-corrected chi connectivity index (χ2v) is 7.53. The minimum Gasteiger partial charge on any atom is -0.319 e. The van der Waals surface area contributed by atoms with E-state index in [-0.39, 0.29) is 11.7 Å². The standard InChI is InChI=1S/C25H24N4O/c1-16-9-7-12-20(15-16)24-27-23(28-29(24)22-14-6-5-10-18(22)3)25(30)26-21-13-8-11-17(2)19(21)4/h5-15H,1-4H3,(H,26,30). The van der Waals surface area contributed by atoms with Crippen molar-refractivity contribution in [3.8, 4) is 17.1 Å². The lowest BCUT2D eigenvalue weighted by atomic mass is 10.1. The zero-order valence-electron chi connectivity index (χ0n) is 17.6. The molecule has 0 aliphatic heterocycles. The van der Waals surface area contributed by atoms with Crippen LogP contribution in [0, 0.1) is 27.7 Å². The Kier molecular flexibility index (Phi) is 5.19. The van der Waals surface area contributed by atoms with Crippen LogP contribution in [0.25, 0.3) is 17.1 Å². The smallest absolute Gasteiger partial charge is 0.295 e. The number of aryl methyl sites for hydroxylation is 3. The highest BCUT2D eigenvalue weighted by atomic mass is 16.2. The first-order chi connectivity index (χ1) is 14.4. The molecule has 0 radical (unpaired) electrons. The molecule has 0 saturated carbocycles. The molecule has 4 aromatic rings. The van der Waals surface area contributed by atoms with Crippen LogP contribution < -0.4 is 5.32 Å². The fraction of sp³-hybridized carbons (Fsp3) is 0.160. The fourth-order valence-corrected chi connectivity index (χ4v) is 3.41. The number of hydrogen-bond acceptors (Lipinski definition) is 3. The molecule has 30 heavy (non-hydrogen) atoms. The van der Waals surface area contributed by atoms with E-state index in [1.54, 1.807) is 4.68 Å². The number of amides is 1. The summed E-state index contributed by atoms with van der Waals surface area (Å²) in [4.78, 5) is 17.6. The maximum absolute atomic E-state index is 13.0. The van der Waals surface area contributed by atoms with Crippen molar-refractivity contribution < 1.29 is 4.79 Å². The van der Waals surface area contributed by atoms with E-state index < -0.39 is 0 Å². The lowest BCUT2D eigenvalue weighted by molar-refractivity contribution is 0.101. The molecular formula is C25H24N4O. The lowest BCUT2D eigenvalue weighted by Gasteiger charge is -2.09. The molecule has 1 heterocycles. The number of hydrogen-bond donors (Lipinski definition) is 1. The summed E-state index contributed by atoms with van der Waals surface area (Å²) < 4.78 is 1.75. The van der Waals surface area contributed by atoms with E-state index in [9.17, 15) is 4.79 Å². The molecule has 150 valence electrons. The van der Waals surface area contributed by atoms with E-state index in [1.807, 2.05) is 94.4 Å². The Morgan fingerprint density at radius 2 is 1.60 bits per heavy atom. The molecule has 0 spiro atoms. The first kappa shape index (κ1) is 19.6. The van der Waals surface area contributed by atoms with Crippen LogP contribution in [-0.4, -0.2) is 20.7 Å². The summed E-state index contributed by atoms with van der Waals surface area (Å²) in [5.41, 5.74) is 6.90. The molecule has 0 atom stereocenters. The number of carbonyl (C=O) groups is 1. The van der Waals surface area contributed by atoms with Crippen LogP contribution in [0.3, 0.4) is 0 Å². The minimum absolute atomic E-state index is 0.135. The summed E-state index contributed by atoms with van der Waals surface area (Å²) in [6.07, 6.45) is 0. The summed E-state index contributed by atoms with van der Waals surface area (Å²) in [5.74, 6) is 0.444. The van der Waals surface area contributed by atoms with E-state index in [0.717, 1.165) is 39.2 Å². The van der Waals surface area contributed by atoms with Gasteiger partial charge in [0.2, 0.25) is 5.82 Å². The van der Waals surface area contributed by atoms with Crippen LogP contribution in [-0.2, 0) is 0 Å². The highest BCUT2D eigenvalue weighted by Gasteiger charge is 2.20. The Morgan fingerprint density at radius 1 is 0.867 bits per heavy atom. The molecule has 1 N–H and O–H groups in total. The lowest BCUT2D eigenvalue weighted by Crippen LogP contribution is -2.15. The molecule has 0 fully saturated rings. The summed E-state index contributed by atoms with van der Waals surface area (Å²) in [6.45, 7) is 8.06. The number of rotatable bonds is 4. The van der Waals surface area contributed by atoms with Crippen molar-refractivity contribution >= 4 is 11.6 Å². The monoisotopic (exact) mass is 396 g/mol. The Hall–Kier alpha value is -3.73. The van der Waals surface area contributed by atoms with Crippen molar-refractivity contribution in [2.45, 2.75) is 27.7 Å². The third kappa shape index (κ3) is 3.74. The highest BCUT2D eigenvalue weighted by Crippen LogP contribution is 2.25. The van der Waals surface area contributed by atoms with Gasteiger partial charge in [-0.25, -0.2) is 9.67 Å². The van der Waals surface area contributed by atoms with Crippen LogP contribution >= 0.6 is 0 Å². The maximum atomic E-state index is 13.0. The number of aromatic nitrogens is 3. The van der Waals surface area contributed by atoms with Gasteiger partial charge in [0.15, 0.2) is 5.82 Å². The maximum Gasteiger partial charge on any atom is 0.295 e. The second kappa shape index (κ2) is 7.95. The Morgan fingerprint density at radius 3 is 2.37 bits per heavy atom. The van der Waals surface area contributed by atoms with Crippen molar-refractivity contribution in [1.29, 1.82) is 0 Å². The molecule has 0 aliphatic rings. The summed E-state index contributed by atoms with van der Waals surface area (Å²) in [7, 11) is 0. The van der Waals surface area contributed by atoms with Crippen molar-refractivity contribution in [2.75, 3.05) is 5.32 Å². The Labute approximate surface area is 176 Å². The van der Waals surface area contributed by atoms with E-state index in [0.29, 0.717) is 5.82 Å². The Bertz CT molecular complexity index is 1240. The van der Waals surface area contributed by atoms with Gasteiger partial charge in [0.1, 0.15) is 0 Å². The molecule has 0 aliphatic carbocycles. The summed E-state index contributed by atoms with van der Waals surface area (Å²) in [6, 6.07) is 21.8. The van der Waals surface area contributed by atoms with Gasteiger partial charge < -0.3 is 5.32 Å². The van der Waals surface area contributed by atoms with Gasteiger partial charge in [-0.15, -0.1) is 5.10 Å². The van der Waals surface area contributed by atoms with Gasteiger partial charge in [0.05, 0.1) is 5.69 Å². The van der Waals surface area contributed by atoms with Gasteiger partial charge in [-0.05, 0) is 62.6 Å². The van der Waals surface area contributed by atoms with Gasteiger partial charge >= 0.3 is 0 Å². The first-order valence-corrected chi connectivity index (χ1v) is 9.91. The molecule has 3 aromatic carbocycles. The minimum atomic E-state index is -0.329. The fourth-order valence-electron chi connectivity index (χ4n) is 3.41. The van der Waals surface area contributed by atoms with Crippen molar-refractivity contribution in [2.24, 2.45) is 0 Å². The van der Waals surface area contributed by atoms with Crippen LogP contribution in [0.5, 0.6) is 0 Å². The third-order valence-electron chi connectivity index (χ3n) is 5.28. The number of anilines is 1. The third-order valence-corrected chi connectivity index (χ3v) is 5.28. The van der Waals surface area contributed by atoms with Gasteiger partial charge in [-0.1, -0.05) is 54.1 Å². The van der Waals surface area contributed by atoms with Gasteiger partial charge in [-0.2, -0.15) is 0 Å². The normalized spacial score (nSPS) is 10.8. The molecule has 1 amide bonds. The molecule has 0 saturated heterocycles. The van der Waals surface area contributed by atoms with Gasteiger partial charge in [0, 0.05) is 11.3 Å². The number of nitrogens with zero attached hydrogens (tertiary/aromatic N) is 3. The second-order valence-electron chi connectivity index (χ2n) is 7.53. The molecular weight excluding hydrogens is 372 g/mol. The highest BCUT2D eigenvalue weighted by molar-refractivity contribution is 6.02. The molecule has 1 aromatic heterocycles. The van der Waals surface area contributed by atoms with Crippen LogP contribution in [0.2, 0.25) is 0 Å². The largest absolute Gasteiger partial charge is 0.319 e. The van der Waals surface area contributed by atoms with E-state index >= 15 is 0 Å². The molecule has 0 unspecified atom stereocenters. The average Bonchev–Trinajstić information content (AvgIpc) is 3.17. The average molecular weight is 396 g/mol. The molecule has 4 rings (SSSR count). The van der Waals surface area contributed by atoms with Crippen molar-refractivity contribution in [3.05, 3.63) is 94.8 Å². The van der Waals surface area contributed by atoms with E-state index in [4.69, 9.17) is 0 Å². The topological polar surface area (TPSA) is 59.8 Å². The van der Waals surface area contributed by atoms with E-state index in [2.05, 4.69) is 15.4 Å². The Balaban J connectivity index is 1.80. The zero-order chi connectivity index (χ0) is 21.3. The SMILES string of the molecule is Cc1cccc(-c2nc(C(=O)Nc3cccc(C)c3C)nn2-c2ccccc2C)c1. The van der Waals surface area contributed by atoms with E-state index in [1.165, 1.54) is 0 Å². The quantitative estimate of drug-likeness (QED) is 0.501. The zero-order valence-corrected chi connectivity index (χ0v) is 17.6. The van der Waals surface area contributed by atoms with Crippen LogP contribution in [0.15, 0.2) is 66.7 Å². The van der Waals surface area contributed by atoms with Crippen molar-refractivity contribution in [1.82, 2.24) is 14.8 Å². The molecule has 0 bridgehead atoms. The predicted molar refractivity (Wildman–Crippen MR) is 120 cm³/mol. The van der Waals surface area contributed by atoms with Crippen LogP contribution in [0.1, 0.15) is 32.9 Å². The number of nitrogens with one attached hydrogen (secondary N) is 1. The molecule has 5 heteroatoms. The number of carbonyl (C=O) groups excluding carboxylic acids is 1. The van der Waals surface area contributed by atoms with Crippen LogP contribution in [0.4, 0.5) is 5.69 Å². The summed E-state index contributed by atoms with van der Waals surface area (Å²) >= 11 is 0. The predicted octanol–water partition coefficient (Wildman–Crippen LogP) is 5.42.